The van der Waals surface area contributed by atoms with Crippen molar-refractivity contribution in [2.75, 3.05) is 0 Å². The Morgan fingerprint density at radius 2 is 1.79 bits per heavy atom. The molecule has 0 saturated heterocycles. The molecule has 1 heterocycles. The van der Waals surface area contributed by atoms with Gasteiger partial charge in [0.1, 0.15) is 6.54 Å². The van der Waals surface area contributed by atoms with Gasteiger partial charge in [-0.15, -0.1) is 0 Å². The first-order valence-corrected chi connectivity index (χ1v) is 4.17. The maximum absolute atomic E-state index is 12.1. The van der Waals surface area contributed by atoms with E-state index in [0.717, 1.165) is 5.39 Å². The maximum Gasteiger partial charge on any atom is 0.406 e. The second kappa shape index (κ2) is 3.04. The molecule has 0 saturated carbocycles. The monoisotopic (exact) mass is 199 g/mol. The Kier molecular flexibility index (Phi) is 1.98. The highest BCUT2D eigenvalue weighted by molar-refractivity contribution is 5.79. The Labute approximate surface area is 78.8 Å². The fourth-order valence-corrected chi connectivity index (χ4v) is 1.47. The number of rotatable bonds is 1. The second-order valence-electron chi connectivity index (χ2n) is 3.12. The number of aromatic nitrogens is 1. The van der Waals surface area contributed by atoms with Crippen LogP contribution in [0, 0.1) is 0 Å². The molecular formula is C10H8F3N. The number of hydrogen-bond acceptors (Lipinski definition) is 0. The van der Waals surface area contributed by atoms with Crippen molar-refractivity contribution in [3.8, 4) is 0 Å². The molecule has 0 bridgehead atoms. The number of nitrogens with zero attached hydrogens (tertiary/aromatic N) is 1. The zero-order valence-corrected chi connectivity index (χ0v) is 7.25. The number of fused-ring (bicyclic) bond motifs is 1. The highest BCUT2D eigenvalue weighted by Gasteiger charge is 2.28. The molecule has 0 aliphatic heterocycles. The predicted molar refractivity (Wildman–Crippen MR) is 48.0 cm³/mol. The lowest BCUT2D eigenvalue weighted by atomic mass is 10.2. The Morgan fingerprint density at radius 1 is 1.07 bits per heavy atom. The minimum absolute atomic E-state index is 0.616. The van der Waals surface area contributed by atoms with Gasteiger partial charge in [0.05, 0.1) is 0 Å². The standard InChI is InChI=1S/C10H8F3N/c11-10(12,13)7-14-6-5-8-3-1-2-4-9(8)14/h1-6H,7H2. The van der Waals surface area contributed by atoms with E-state index in [-0.39, 0.29) is 0 Å². The summed E-state index contributed by atoms with van der Waals surface area (Å²) in [6.07, 6.45) is -2.71. The van der Waals surface area contributed by atoms with E-state index in [2.05, 4.69) is 0 Å². The third kappa shape index (κ3) is 1.73. The summed E-state index contributed by atoms with van der Waals surface area (Å²) in [4.78, 5) is 0. The van der Waals surface area contributed by atoms with E-state index in [1.807, 2.05) is 0 Å². The normalized spacial score (nSPS) is 12.2. The quantitative estimate of drug-likeness (QED) is 0.664. The summed E-state index contributed by atoms with van der Waals surface area (Å²) in [6, 6.07) is 8.69. The molecule has 2 rings (SSSR count). The molecule has 2 aromatic rings. The van der Waals surface area contributed by atoms with Gasteiger partial charge in [0.2, 0.25) is 0 Å². The Hall–Kier alpha value is -1.45. The van der Waals surface area contributed by atoms with Crippen molar-refractivity contribution >= 4 is 10.9 Å². The number of para-hydroxylation sites is 1. The summed E-state index contributed by atoms with van der Waals surface area (Å²) in [5.41, 5.74) is 0.616. The summed E-state index contributed by atoms with van der Waals surface area (Å²) in [6.45, 7) is -0.930. The Bertz CT molecular complexity index is 442. The van der Waals surface area contributed by atoms with E-state index in [1.165, 1.54) is 10.8 Å². The Balaban J connectivity index is 2.44. The van der Waals surface area contributed by atoms with Crippen molar-refractivity contribution in [3.63, 3.8) is 0 Å². The van der Waals surface area contributed by atoms with Gasteiger partial charge in [-0.2, -0.15) is 13.2 Å². The lowest BCUT2D eigenvalue weighted by Gasteiger charge is -2.08. The number of alkyl halides is 3. The third-order valence-electron chi connectivity index (χ3n) is 2.03. The van der Waals surface area contributed by atoms with Crippen LogP contribution in [0.4, 0.5) is 13.2 Å². The molecule has 4 heteroatoms. The topological polar surface area (TPSA) is 4.93 Å². The van der Waals surface area contributed by atoms with Crippen molar-refractivity contribution in [1.82, 2.24) is 4.57 Å². The van der Waals surface area contributed by atoms with Gasteiger partial charge in [-0.05, 0) is 17.5 Å². The van der Waals surface area contributed by atoms with E-state index in [0.29, 0.717) is 5.52 Å². The van der Waals surface area contributed by atoms with Gasteiger partial charge in [-0.1, -0.05) is 18.2 Å². The first-order valence-electron chi connectivity index (χ1n) is 4.17. The molecule has 0 spiro atoms. The molecule has 1 aromatic carbocycles. The van der Waals surface area contributed by atoms with E-state index in [1.54, 1.807) is 30.3 Å². The number of halogens is 3. The zero-order chi connectivity index (χ0) is 10.2. The lowest BCUT2D eigenvalue weighted by molar-refractivity contribution is -0.139. The summed E-state index contributed by atoms with van der Waals surface area (Å²) in [5.74, 6) is 0. The fourth-order valence-electron chi connectivity index (χ4n) is 1.47. The van der Waals surface area contributed by atoms with Crippen molar-refractivity contribution in [3.05, 3.63) is 36.5 Å². The molecule has 14 heavy (non-hydrogen) atoms. The minimum Gasteiger partial charge on any atom is -0.338 e. The predicted octanol–water partition coefficient (Wildman–Crippen LogP) is 3.20. The van der Waals surface area contributed by atoms with Crippen molar-refractivity contribution in [2.24, 2.45) is 0 Å². The smallest absolute Gasteiger partial charge is 0.338 e. The van der Waals surface area contributed by atoms with E-state index < -0.39 is 12.7 Å². The molecular weight excluding hydrogens is 191 g/mol. The number of benzene rings is 1. The fraction of sp³-hybridized carbons (Fsp3) is 0.200. The van der Waals surface area contributed by atoms with E-state index in [4.69, 9.17) is 0 Å². The van der Waals surface area contributed by atoms with Crippen LogP contribution in [-0.4, -0.2) is 10.7 Å². The summed E-state index contributed by atoms with van der Waals surface area (Å²) in [5, 5.41) is 0.830. The highest BCUT2D eigenvalue weighted by Crippen LogP contribution is 2.22. The van der Waals surface area contributed by atoms with Crippen LogP contribution in [0.2, 0.25) is 0 Å². The van der Waals surface area contributed by atoms with Crippen LogP contribution in [0.5, 0.6) is 0 Å². The Morgan fingerprint density at radius 3 is 2.50 bits per heavy atom. The van der Waals surface area contributed by atoms with Crippen LogP contribution in [0.1, 0.15) is 0 Å². The molecule has 0 atom stereocenters. The zero-order valence-electron chi connectivity index (χ0n) is 7.25. The molecule has 0 N–H and O–H groups in total. The van der Waals surface area contributed by atoms with Crippen LogP contribution in [0.15, 0.2) is 36.5 Å². The van der Waals surface area contributed by atoms with Gasteiger partial charge < -0.3 is 4.57 Å². The highest BCUT2D eigenvalue weighted by atomic mass is 19.4. The minimum atomic E-state index is -4.16. The van der Waals surface area contributed by atoms with Gasteiger partial charge in [0, 0.05) is 11.7 Å². The van der Waals surface area contributed by atoms with Crippen molar-refractivity contribution in [1.29, 1.82) is 0 Å². The van der Waals surface area contributed by atoms with Gasteiger partial charge in [-0.25, -0.2) is 0 Å². The van der Waals surface area contributed by atoms with Crippen LogP contribution in [0.3, 0.4) is 0 Å². The SMILES string of the molecule is FC(F)(F)Cn1ccc2ccccc21. The van der Waals surface area contributed by atoms with Gasteiger partial charge in [0.15, 0.2) is 0 Å². The van der Waals surface area contributed by atoms with Crippen molar-refractivity contribution < 1.29 is 13.2 Å². The molecule has 0 fully saturated rings. The molecule has 0 unspecified atom stereocenters. The van der Waals surface area contributed by atoms with Gasteiger partial charge in [0.25, 0.3) is 0 Å². The first kappa shape index (κ1) is 9.12. The molecule has 1 aromatic heterocycles. The third-order valence-corrected chi connectivity index (χ3v) is 2.03. The van der Waals surface area contributed by atoms with Gasteiger partial charge >= 0.3 is 6.18 Å². The average Bonchev–Trinajstić information content (AvgIpc) is 2.47. The molecule has 0 radical (unpaired) electrons. The van der Waals surface area contributed by atoms with Crippen molar-refractivity contribution in [2.45, 2.75) is 12.7 Å². The van der Waals surface area contributed by atoms with E-state index >= 15 is 0 Å². The number of hydrogen-bond donors (Lipinski definition) is 0. The van der Waals surface area contributed by atoms with Gasteiger partial charge in [-0.3, -0.25) is 0 Å². The maximum atomic E-state index is 12.1. The van der Waals surface area contributed by atoms with Crippen LogP contribution >= 0.6 is 0 Å². The summed E-state index contributed by atoms with van der Waals surface area (Å²) in [7, 11) is 0. The largest absolute Gasteiger partial charge is 0.406 e. The molecule has 1 nitrogen and oxygen atoms in total. The second-order valence-corrected chi connectivity index (χ2v) is 3.12. The van der Waals surface area contributed by atoms with Crippen LogP contribution in [0.25, 0.3) is 10.9 Å². The van der Waals surface area contributed by atoms with Crippen LogP contribution in [-0.2, 0) is 6.54 Å². The molecule has 0 aliphatic carbocycles. The van der Waals surface area contributed by atoms with Crippen LogP contribution < -0.4 is 0 Å². The summed E-state index contributed by atoms with van der Waals surface area (Å²) < 4.78 is 37.6. The average molecular weight is 199 g/mol. The lowest BCUT2D eigenvalue weighted by Crippen LogP contribution is -2.16. The van der Waals surface area contributed by atoms with E-state index in [9.17, 15) is 13.2 Å². The molecule has 0 amide bonds. The molecule has 74 valence electrons. The summed E-state index contributed by atoms with van der Waals surface area (Å²) >= 11 is 0. The molecule has 0 aliphatic rings. The first-order chi connectivity index (χ1) is 6.56.